The Bertz CT molecular complexity index is 772. The Morgan fingerprint density at radius 2 is 1.87 bits per heavy atom. The van der Waals surface area contributed by atoms with Gasteiger partial charge in [-0.1, -0.05) is 18.2 Å². The fraction of sp³-hybridized carbons (Fsp3) is 0.412. The molecule has 1 atom stereocenters. The average Bonchev–Trinajstić information content (AvgIpc) is 2.99. The molecule has 0 aliphatic carbocycles. The monoisotopic (exact) mass is 346 g/mol. The molecule has 1 saturated heterocycles. The number of rotatable bonds is 1. The Kier molecular flexibility index (Phi) is 3.77. The highest BCUT2D eigenvalue weighted by Crippen LogP contribution is 2.31. The zero-order chi connectivity index (χ0) is 15.9. The number of anilines is 1. The number of piperazine rings is 1. The molecule has 4 rings (SSSR count). The largest absolute Gasteiger partial charge is 0.355 e. The summed E-state index contributed by atoms with van der Waals surface area (Å²) in [6.45, 7) is 5.81. The van der Waals surface area contributed by atoms with Gasteiger partial charge in [0.05, 0.1) is 4.70 Å². The predicted octanol–water partition coefficient (Wildman–Crippen LogP) is 3.73. The number of hydrogen-bond donors (Lipinski definition) is 0. The molecular formula is C17H19ClN4S. The minimum absolute atomic E-state index is 0.385. The molecule has 1 aromatic heterocycles. The van der Waals surface area contributed by atoms with E-state index in [4.69, 9.17) is 11.6 Å². The van der Waals surface area contributed by atoms with Gasteiger partial charge in [-0.25, -0.2) is 4.99 Å². The van der Waals surface area contributed by atoms with Gasteiger partial charge in [-0.2, -0.15) is 4.37 Å². The molecule has 120 valence electrons. The van der Waals surface area contributed by atoms with Crippen molar-refractivity contribution in [1.29, 1.82) is 0 Å². The van der Waals surface area contributed by atoms with Crippen LogP contribution in [-0.4, -0.2) is 46.2 Å². The van der Waals surface area contributed by atoms with Gasteiger partial charge in [0.25, 0.3) is 0 Å². The molecule has 0 N–H and O–H groups in total. The fourth-order valence-electron chi connectivity index (χ4n) is 3.27. The first-order chi connectivity index (χ1) is 11.1. The zero-order valence-corrected chi connectivity index (χ0v) is 14.6. The van der Waals surface area contributed by atoms with Crippen molar-refractivity contribution in [3.05, 3.63) is 36.5 Å². The van der Waals surface area contributed by atoms with Crippen molar-refractivity contribution in [3.8, 4) is 0 Å². The summed E-state index contributed by atoms with van der Waals surface area (Å²) in [6.07, 6.45) is 4.75. The molecule has 2 aromatic rings. The predicted molar refractivity (Wildman–Crippen MR) is 98.9 cm³/mol. The second-order valence-electron chi connectivity index (χ2n) is 6.22. The Balaban J connectivity index is 1.51. The highest BCUT2D eigenvalue weighted by atomic mass is 35.5. The summed E-state index contributed by atoms with van der Waals surface area (Å²) in [5.41, 5.74) is 0. The molecule has 3 heterocycles. The normalized spacial score (nSPS) is 25.0. The van der Waals surface area contributed by atoms with Crippen molar-refractivity contribution in [2.45, 2.75) is 18.2 Å². The van der Waals surface area contributed by atoms with Gasteiger partial charge in [-0.3, -0.25) is 0 Å². The van der Waals surface area contributed by atoms with Gasteiger partial charge < -0.3 is 9.80 Å². The van der Waals surface area contributed by atoms with Crippen molar-refractivity contribution in [1.82, 2.24) is 9.27 Å². The van der Waals surface area contributed by atoms with Gasteiger partial charge in [-0.05, 0) is 37.0 Å². The lowest BCUT2D eigenvalue weighted by atomic mass is 10.0. The van der Waals surface area contributed by atoms with E-state index >= 15 is 0 Å². The highest BCUT2D eigenvalue weighted by Gasteiger charge is 2.34. The summed E-state index contributed by atoms with van der Waals surface area (Å²) in [5.74, 6) is 2.12. The van der Waals surface area contributed by atoms with Crippen LogP contribution in [0.25, 0.3) is 10.1 Å². The van der Waals surface area contributed by atoms with Crippen LogP contribution in [0, 0.1) is 0 Å². The second-order valence-corrected chi connectivity index (χ2v) is 7.85. The molecular weight excluding hydrogens is 328 g/mol. The van der Waals surface area contributed by atoms with Crippen LogP contribution in [0.15, 0.2) is 41.5 Å². The van der Waals surface area contributed by atoms with Gasteiger partial charge in [0.1, 0.15) is 16.5 Å². The molecule has 0 amide bonds. The number of amidine groups is 1. The zero-order valence-electron chi connectivity index (χ0n) is 13.1. The van der Waals surface area contributed by atoms with E-state index in [1.165, 1.54) is 10.1 Å². The number of alkyl halides is 1. The van der Waals surface area contributed by atoms with Crippen LogP contribution >= 0.6 is 23.1 Å². The fourth-order valence-corrected chi connectivity index (χ4v) is 4.32. The third-order valence-electron chi connectivity index (χ3n) is 4.51. The van der Waals surface area contributed by atoms with Crippen molar-refractivity contribution < 1.29 is 0 Å². The van der Waals surface area contributed by atoms with Gasteiger partial charge in [0.15, 0.2) is 0 Å². The SMILES string of the molecule is CC1(Cl)CC=CN=C1N1CCN(c2nsc3ccccc23)CC1. The third kappa shape index (κ3) is 2.72. The Morgan fingerprint density at radius 1 is 1.13 bits per heavy atom. The molecule has 1 aromatic carbocycles. The average molecular weight is 347 g/mol. The first-order valence-electron chi connectivity index (χ1n) is 7.92. The van der Waals surface area contributed by atoms with Gasteiger partial charge in [0.2, 0.25) is 0 Å². The Hall–Kier alpha value is -1.59. The second kappa shape index (κ2) is 5.80. The number of aromatic nitrogens is 1. The van der Waals surface area contributed by atoms with Crippen LogP contribution in [0.3, 0.4) is 0 Å². The van der Waals surface area contributed by atoms with Crippen LogP contribution in [0.1, 0.15) is 13.3 Å². The highest BCUT2D eigenvalue weighted by molar-refractivity contribution is 7.13. The van der Waals surface area contributed by atoms with Crippen molar-refractivity contribution in [2.24, 2.45) is 4.99 Å². The van der Waals surface area contributed by atoms with Crippen LogP contribution in [0.2, 0.25) is 0 Å². The van der Waals surface area contributed by atoms with Crippen LogP contribution in [-0.2, 0) is 0 Å². The van der Waals surface area contributed by atoms with E-state index in [0.29, 0.717) is 0 Å². The van der Waals surface area contributed by atoms with Gasteiger partial charge >= 0.3 is 0 Å². The maximum absolute atomic E-state index is 6.64. The van der Waals surface area contributed by atoms with Gasteiger partial charge in [0, 0.05) is 37.8 Å². The first kappa shape index (κ1) is 15.0. The number of aliphatic imine (C=N–C) groups is 1. The van der Waals surface area contributed by atoms with Gasteiger partial charge in [-0.15, -0.1) is 11.6 Å². The van der Waals surface area contributed by atoms with E-state index in [0.717, 1.165) is 44.3 Å². The van der Waals surface area contributed by atoms with E-state index in [2.05, 4.69) is 50.4 Å². The lowest BCUT2D eigenvalue weighted by Gasteiger charge is -2.41. The van der Waals surface area contributed by atoms with Crippen LogP contribution in [0.5, 0.6) is 0 Å². The molecule has 1 unspecified atom stereocenters. The number of halogens is 1. The molecule has 6 heteroatoms. The minimum Gasteiger partial charge on any atom is -0.355 e. The van der Waals surface area contributed by atoms with E-state index in [-0.39, 0.29) is 4.87 Å². The Morgan fingerprint density at radius 3 is 2.65 bits per heavy atom. The number of allylic oxidation sites excluding steroid dienone is 1. The molecule has 0 radical (unpaired) electrons. The topological polar surface area (TPSA) is 31.7 Å². The maximum atomic E-state index is 6.64. The summed E-state index contributed by atoms with van der Waals surface area (Å²) in [7, 11) is 0. The maximum Gasteiger partial charge on any atom is 0.150 e. The Labute approximate surface area is 145 Å². The molecule has 4 nitrogen and oxygen atoms in total. The lowest BCUT2D eigenvalue weighted by molar-refractivity contribution is 0.369. The van der Waals surface area contributed by atoms with E-state index in [1.54, 1.807) is 11.5 Å². The molecule has 23 heavy (non-hydrogen) atoms. The van der Waals surface area contributed by atoms with E-state index in [9.17, 15) is 0 Å². The summed E-state index contributed by atoms with van der Waals surface area (Å²) in [6, 6.07) is 8.44. The number of benzene rings is 1. The first-order valence-corrected chi connectivity index (χ1v) is 9.07. The summed E-state index contributed by atoms with van der Waals surface area (Å²) in [5, 5.41) is 1.26. The van der Waals surface area contributed by atoms with E-state index in [1.807, 2.05) is 12.3 Å². The number of nitrogens with zero attached hydrogens (tertiary/aromatic N) is 4. The van der Waals surface area contributed by atoms with Crippen molar-refractivity contribution in [2.75, 3.05) is 31.1 Å². The molecule has 2 aliphatic heterocycles. The van der Waals surface area contributed by atoms with Crippen LogP contribution in [0.4, 0.5) is 5.82 Å². The number of hydrogen-bond acceptors (Lipinski definition) is 5. The summed E-state index contributed by atoms with van der Waals surface area (Å²) >= 11 is 8.21. The number of fused-ring (bicyclic) bond motifs is 1. The molecule has 0 spiro atoms. The molecule has 1 fully saturated rings. The summed E-state index contributed by atoms with van der Waals surface area (Å²) in [4.78, 5) is 8.85. The molecule has 0 bridgehead atoms. The smallest absolute Gasteiger partial charge is 0.150 e. The van der Waals surface area contributed by atoms with Crippen molar-refractivity contribution in [3.63, 3.8) is 0 Å². The summed E-state index contributed by atoms with van der Waals surface area (Å²) < 4.78 is 5.92. The third-order valence-corrected chi connectivity index (χ3v) is 5.65. The molecule has 2 aliphatic rings. The quantitative estimate of drug-likeness (QED) is 0.737. The van der Waals surface area contributed by atoms with Crippen LogP contribution < -0.4 is 4.90 Å². The lowest BCUT2D eigenvalue weighted by Crippen LogP contribution is -2.53. The standard InChI is InChI=1S/C17H19ClN4S/c1-17(18)7-4-8-19-16(17)22-11-9-21(10-12-22)15-13-5-2-3-6-14(13)23-20-15/h2-6,8H,7,9-12H2,1H3. The van der Waals surface area contributed by atoms with Crippen molar-refractivity contribution >= 4 is 44.9 Å². The minimum atomic E-state index is -0.385. The molecule has 0 saturated carbocycles. The van der Waals surface area contributed by atoms with E-state index < -0.39 is 0 Å².